The van der Waals surface area contributed by atoms with Crippen LogP contribution in [0.2, 0.25) is 0 Å². The van der Waals surface area contributed by atoms with Crippen molar-refractivity contribution >= 4 is 11.9 Å². The lowest BCUT2D eigenvalue weighted by molar-refractivity contribution is -0.119. The summed E-state index contributed by atoms with van der Waals surface area (Å²) in [4.78, 5) is 15.1. The predicted octanol–water partition coefficient (Wildman–Crippen LogP) is 2.20. The van der Waals surface area contributed by atoms with E-state index in [0.29, 0.717) is 24.3 Å². The number of hydrogen-bond acceptors (Lipinski definition) is 4. The highest BCUT2D eigenvalue weighted by atomic mass is 16.5. The minimum Gasteiger partial charge on any atom is -0.484 e. The predicted molar refractivity (Wildman–Crippen MR) is 111 cm³/mol. The topological polar surface area (TPSA) is 98.0 Å². The lowest BCUT2D eigenvalue weighted by atomic mass is 9.98. The smallest absolute Gasteiger partial charge is 0.255 e. The summed E-state index contributed by atoms with van der Waals surface area (Å²) in [6.07, 6.45) is 6.53. The Labute approximate surface area is 168 Å². The molecule has 1 aromatic carbocycles. The normalized spacial score (nSPS) is 16.0. The number of nitrogens with one attached hydrogen (secondary N) is 2. The van der Waals surface area contributed by atoms with Gasteiger partial charge in [-0.15, -0.1) is 0 Å². The molecule has 0 heterocycles. The Morgan fingerprint density at radius 2 is 2.11 bits per heavy atom. The van der Waals surface area contributed by atoms with Crippen molar-refractivity contribution in [3.63, 3.8) is 0 Å². The molecule has 7 heteroatoms. The number of primary amides is 1. The fourth-order valence-corrected chi connectivity index (χ4v) is 3.64. The Bertz CT molecular complexity index is 630. The van der Waals surface area contributed by atoms with E-state index in [4.69, 9.17) is 15.2 Å². The molecule has 1 amide bonds. The molecule has 0 radical (unpaired) electrons. The number of nitrogens with zero attached hydrogens (tertiary/aromatic N) is 1. The van der Waals surface area contributed by atoms with Crippen LogP contribution >= 0.6 is 0 Å². The second-order valence-electron chi connectivity index (χ2n) is 7.08. The minimum atomic E-state index is -0.490. The van der Waals surface area contributed by atoms with Gasteiger partial charge in [0.2, 0.25) is 0 Å². The molecule has 1 fully saturated rings. The van der Waals surface area contributed by atoms with Crippen molar-refractivity contribution < 1.29 is 14.3 Å². The van der Waals surface area contributed by atoms with Gasteiger partial charge in [0.15, 0.2) is 12.6 Å². The molecule has 1 unspecified atom stereocenters. The van der Waals surface area contributed by atoms with E-state index in [0.717, 1.165) is 31.1 Å². The first-order valence-corrected chi connectivity index (χ1v) is 10.2. The Kier molecular flexibility index (Phi) is 9.62. The van der Waals surface area contributed by atoms with Crippen LogP contribution in [0.1, 0.15) is 44.6 Å². The molecule has 2 rings (SSSR count). The molecular weight excluding hydrogens is 356 g/mol. The largest absolute Gasteiger partial charge is 0.484 e. The van der Waals surface area contributed by atoms with Crippen molar-refractivity contribution in [1.29, 1.82) is 0 Å². The third-order valence-electron chi connectivity index (χ3n) is 4.99. The summed E-state index contributed by atoms with van der Waals surface area (Å²) in [5.74, 6) is 1.58. The summed E-state index contributed by atoms with van der Waals surface area (Å²) in [6, 6.07) is 7.56. The van der Waals surface area contributed by atoms with Crippen LogP contribution in [0.5, 0.6) is 5.75 Å². The van der Waals surface area contributed by atoms with Crippen molar-refractivity contribution in [2.75, 3.05) is 26.8 Å². The van der Waals surface area contributed by atoms with Crippen LogP contribution < -0.4 is 21.1 Å². The van der Waals surface area contributed by atoms with Crippen LogP contribution in [-0.4, -0.2) is 44.8 Å². The molecule has 7 nitrogen and oxygen atoms in total. The number of nitrogens with two attached hydrogens (primary N) is 1. The molecule has 1 aliphatic rings. The van der Waals surface area contributed by atoms with Crippen molar-refractivity contribution in [2.24, 2.45) is 16.6 Å². The van der Waals surface area contributed by atoms with Crippen LogP contribution in [0.4, 0.5) is 0 Å². The zero-order valence-electron chi connectivity index (χ0n) is 17.1. The van der Waals surface area contributed by atoms with E-state index in [2.05, 4.69) is 22.5 Å². The molecule has 1 atom stereocenters. The molecular formula is C21H34N4O3. The van der Waals surface area contributed by atoms with Crippen LogP contribution in [0.3, 0.4) is 0 Å². The number of guanidine groups is 1. The summed E-state index contributed by atoms with van der Waals surface area (Å²) in [7, 11) is 1.76. The highest BCUT2D eigenvalue weighted by Gasteiger charge is 2.25. The van der Waals surface area contributed by atoms with Crippen LogP contribution in [0.25, 0.3) is 0 Å². The first kappa shape index (κ1) is 22.0. The van der Waals surface area contributed by atoms with Crippen molar-refractivity contribution in [1.82, 2.24) is 10.6 Å². The van der Waals surface area contributed by atoms with Gasteiger partial charge in [-0.1, -0.05) is 25.0 Å². The summed E-state index contributed by atoms with van der Waals surface area (Å²) >= 11 is 0. The van der Waals surface area contributed by atoms with Gasteiger partial charge in [-0.05, 0) is 49.8 Å². The van der Waals surface area contributed by atoms with Crippen LogP contribution in [0.15, 0.2) is 29.3 Å². The zero-order chi connectivity index (χ0) is 20.2. The minimum absolute atomic E-state index is 0.123. The maximum Gasteiger partial charge on any atom is 0.255 e. The van der Waals surface area contributed by atoms with Gasteiger partial charge >= 0.3 is 0 Å². The molecule has 0 aromatic heterocycles. The number of amides is 1. The van der Waals surface area contributed by atoms with Crippen molar-refractivity contribution in [3.05, 3.63) is 29.8 Å². The van der Waals surface area contributed by atoms with Gasteiger partial charge in [0.25, 0.3) is 5.91 Å². The van der Waals surface area contributed by atoms with Crippen molar-refractivity contribution in [3.8, 4) is 5.75 Å². The Balaban J connectivity index is 1.76. The van der Waals surface area contributed by atoms with Gasteiger partial charge in [-0.25, -0.2) is 0 Å². The molecule has 0 spiro atoms. The first-order chi connectivity index (χ1) is 13.6. The fourth-order valence-electron chi connectivity index (χ4n) is 3.64. The van der Waals surface area contributed by atoms with Crippen LogP contribution in [0, 0.1) is 5.92 Å². The second kappa shape index (κ2) is 12.2. The number of benzene rings is 1. The number of hydrogen-bond donors (Lipinski definition) is 3. The Morgan fingerprint density at radius 1 is 1.32 bits per heavy atom. The lowest BCUT2D eigenvalue weighted by Gasteiger charge is -2.24. The molecule has 4 N–H and O–H groups in total. The number of carbonyl (C=O) groups is 1. The monoisotopic (exact) mass is 390 g/mol. The highest BCUT2D eigenvalue weighted by Crippen LogP contribution is 2.30. The highest BCUT2D eigenvalue weighted by molar-refractivity contribution is 5.79. The van der Waals surface area contributed by atoms with E-state index in [1.165, 1.54) is 25.7 Å². The Hall–Kier alpha value is -2.28. The van der Waals surface area contributed by atoms with E-state index >= 15 is 0 Å². The molecule has 1 aliphatic carbocycles. The van der Waals surface area contributed by atoms with Gasteiger partial charge in [-0.3, -0.25) is 9.79 Å². The van der Waals surface area contributed by atoms with Gasteiger partial charge in [0, 0.05) is 26.7 Å². The zero-order valence-corrected chi connectivity index (χ0v) is 17.1. The fraction of sp³-hybridized carbons (Fsp3) is 0.619. The van der Waals surface area contributed by atoms with E-state index in [1.807, 2.05) is 18.2 Å². The van der Waals surface area contributed by atoms with Crippen molar-refractivity contribution in [2.45, 2.75) is 51.7 Å². The molecule has 1 aromatic rings. The van der Waals surface area contributed by atoms with E-state index in [1.54, 1.807) is 13.1 Å². The SMILES string of the molecule is CCOC(CCNC(=NC)NCc1cccc(OCC(N)=O)c1)C1CCCC1. The molecule has 0 saturated heterocycles. The average Bonchev–Trinajstić information content (AvgIpc) is 3.23. The quantitative estimate of drug-likeness (QED) is 0.397. The standard InChI is InChI=1S/C21H34N4O3/c1-3-27-19(17-8-4-5-9-17)11-12-24-21(23-2)25-14-16-7-6-10-18(13-16)28-15-20(22)26/h6-7,10,13,17,19H,3-5,8-9,11-12,14-15H2,1-2H3,(H2,22,26)(H2,23,24,25). The van der Waals surface area contributed by atoms with E-state index in [-0.39, 0.29) is 6.61 Å². The molecule has 1 saturated carbocycles. The summed E-state index contributed by atoms with van der Waals surface area (Å²) < 4.78 is 11.3. The van der Waals surface area contributed by atoms with Gasteiger partial charge < -0.3 is 25.8 Å². The second-order valence-corrected chi connectivity index (χ2v) is 7.08. The van der Waals surface area contributed by atoms with E-state index < -0.39 is 5.91 Å². The van der Waals surface area contributed by atoms with Gasteiger partial charge in [-0.2, -0.15) is 0 Å². The van der Waals surface area contributed by atoms with E-state index in [9.17, 15) is 4.79 Å². The molecule has 0 bridgehead atoms. The third kappa shape index (κ3) is 7.76. The number of rotatable bonds is 11. The first-order valence-electron chi connectivity index (χ1n) is 10.2. The molecule has 0 aliphatic heterocycles. The number of aliphatic imine (C=N–C) groups is 1. The third-order valence-corrected chi connectivity index (χ3v) is 4.99. The Morgan fingerprint density at radius 3 is 2.79 bits per heavy atom. The number of carbonyl (C=O) groups excluding carboxylic acids is 1. The maximum atomic E-state index is 10.8. The van der Waals surface area contributed by atoms with Gasteiger partial charge in [0.1, 0.15) is 5.75 Å². The summed E-state index contributed by atoms with van der Waals surface area (Å²) in [5, 5.41) is 6.68. The molecule has 28 heavy (non-hydrogen) atoms. The summed E-state index contributed by atoms with van der Waals surface area (Å²) in [6.45, 7) is 4.13. The average molecular weight is 391 g/mol. The van der Waals surface area contributed by atoms with Gasteiger partial charge in [0.05, 0.1) is 6.10 Å². The van der Waals surface area contributed by atoms with Crippen LogP contribution in [-0.2, 0) is 16.1 Å². The summed E-state index contributed by atoms with van der Waals surface area (Å²) in [5.41, 5.74) is 6.14. The molecule has 156 valence electrons. The number of ether oxygens (including phenoxy) is 2. The maximum absolute atomic E-state index is 10.8. The lowest BCUT2D eigenvalue weighted by Crippen LogP contribution is -2.39.